The third-order valence-corrected chi connectivity index (χ3v) is 7.78. The predicted molar refractivity (Wildman–Crippen MR) is 124 cm³/mol. The van der Waals surface area contributed by atoms with Crippen LogP contribution in [0.5, 0.6) is 0 Å². The third-order valence-electron chi connectivity index (χ3n) is 5.32. The number of sulfone groups is 1. The molecule has 1 fully saturated rings. The van der Waals surface area contributed by atoms with E-state index in [1.165, 1.54) is 29.7 Å². The summed E-state index contributed by atoms with van der Waals surface area (Å²) in [6.45, 7) is 2.38. The van der Waals surface area contributed by atoms with Crippen molar-refractivity contribution < 1.29 is 22.3 Å². The van der Waals surface area contributed by atoms with E-state index in [2.05, 4.69) is 20.9 Å². The Kier molecular flexibility index (Phi) is 6.51. The summed E-state index contributed by atoms with van der Waals surface area (Å²) in [5.74, 6) is -0.902. The molecule has 0 saturated carbocycles. The zero-order valence-corrected chi connectivity index (χ0v) is 20.6. The van der Waals surface area contributed by atoms with Crippen LogP contribution in [-0.2, 0) is 19.4 Å². The summed E-state index contributed by atoms with van der Waals surface area (Å²) < 4.78 is 44.0. The van der Waals surface area contributed by atoms with E-state index in [0.29, 0.717) is 39.5 Å². The molecule has 1 aromatic carbocycles. The van der Waals surface area contributed by atoms with E-state index < -0.39 is 33.6 Å². The number of aliphatic imine (C=N–C) groups is 1. The van der Waals surface area contributed by atoms with Gasteiger partial charge < -0.3 is 9.64 Å². The summed E-state index contributed by atoms with van der Waals surface area (Å²) in [5.41, 5.74) is 1.46. The van der Waals surface area contributed by atoms with Gasteiger partial charge in [-0.1, -0.05) is 22.0 Å². The van der Waals surface area contributed by atoms with Crippen molar-refractivity contribution in [3.05, 3.63) is 61.9 Å². The van der Waals surface area contributed by atoms with Gasteiger partial charge in [0.2, 0.25) is 0 Å². The van der Waals surface area contributed by atoms with Gasteiger partial charge in [0.05, 0.1) is 17.9 Å². The first kappa shape index (κ1) is 23.1. The first-order valence-electron chi connectivity index (χ1n) is 9.98. The summed E-state index contributed by atoms with van der Waals surface area (Å²) in [7, 11) is -3.31. The number of hydrogen-bond donors (Lipinski definition) is 0. The van der Waals surface area contributed by atoms with Crippen molar-refractivity contribution in [1.82, 2.24) is 9.88 Å². The molecule has 2 aromatic rings. The zero-order valence-electron chi connectivity index (χ0n) is 17.4. The molecule has 4 rings (SSSR count). The first-order chi connectivity index (χ1) is 15.2. The molecule has 1 saturated heterocycles. The summed E-state index contributed by atoms with van der Waals surface area (Å²) in [6.07, 6.45) is 3.40. The van der Waals surface area contributed by atoms with Gasteiger partial charge in [0.15, 0.2) is 10.8 Å². The molecule has 0 spiro atoms. The lowest BCUT2D eigenvalue weighted by molar-refractivity contribution is -0.139. The molecule has 3 heterocycles. The Morgan fingerprint density at radius 2 is 2.19 bits per heavy atom. The number of nitrogens with zero attached hydrogens (tertiary/aromatic N) is 3. The maximum atomic E-state index is 13.8. The van der Waals surface area contributed by atoms with Crippen LogP contribution >= 0.6 is 27.3 Å². The number of amidine groups is 1. The molecule has 11 heteroatoms. The number of hydrogen-bond acceptors (Lipinski definition) is 8. The van der Waals surface area contributed by atoms with Gasteiger partial charge in [0.1, 0.15) is 21.7 Å². The normalized spacial score (nSPS) is 20.9. The third kappa shape index (κ3) is 4.51. The number of ether oxygens (including phenoxy) is 1. The van der Waals surface area contributed by atoms with Crippen LogP contribution in [0.1, 0.15) is 30.0 Å². The highest BCUT2D eigenvalue weighted by Gasteiger charge is 2.44. The molecule has 1 aromatic heterocycles. The van der Waals surface area contributed by atoms with Gasteiger partial charge in [-0.05, 0) is 31.0 Å². The van der Waals surface area contributed by atoms with E-state index in [-0.39, 0.29) is 17.9 Å². The van der Waals surface area contributed by atoms with Crippen molar-refractivity contribution >= 4 is 48.9 Å². The molecule has 2 aliphatic heterocycles. The van der Waals surface area contributed by atoms with Crippen LogP contribution in [0.4, 0.5) is 4.39 Å². The highest BCUT2D eigenvalue weighted by atomic mass is 79.9. The molecule has 0 bridgehead atoms. The van der Waals surface area contributed by atoms with E-state index in [1.54, 1.807) is 19.2 Å². The van der Waals surface area contributed by atoms with Gasteiger partial charge >= 0.3 is 5.97 Å². The average molecular weight is 542 g/mol. The van der Waals surface area contributed by atoms with Crippen LogP contribution in [0.15, 0.2) is 50.5 Å². The number of benzene rings is 1. The highest BCUT2D eigenvalue weighted by molar-refractivity contribution is 9.10. The smallest absolute Gasteiger partial charge is 0.338 e. The lowest BCUT2D eigenvalue weighted by Crippen LogP contribution is -2.37. The van der Waals surface area contributed by atoms with E-state index in [0.717, 1.165) is 0 Å². The molecule has 2 atom stereocenters. The fourth-order valence-corrected chi connectivity index (χ4v) is 6.41. The summed E-state index contributed by atoms with van der Waals surface area (Å²) in [5, 5.41) is 2.49. The Bertz CT molecular complexity index is 1210. The minimum atomic E-state index is -3.31. The number of halogens is 2. The number of rotatable bonds is 6. The SMILES string of the molecule is CCOC(=O)C1=C2[C@H](CS(C)(=O)=O)CCN2C(c2nccs2)=N[C@H]1c1ccc(F)cc1Br. The van der Waals surface area contributed by atoms with Crippen molar-refractivity contribution in [2.24, 2.45) is 10.9 Å². The van der Waals surface area contributed by atoms with Crippen LogP contribution in [0.2, 0.25) is 0 Å². The first-order valence-corrected chi connectivity index (χ1v) is 13.7. The van der Waals surface area contributed by atoms with Crippen LogP contribution < -0.4 is 0 Å². The van der Waals surface area contributed by atoms with Crippen molar-refractivity contribution in [2.45, 2.75) is 19.4 Å². The Morgan fingerprint density at radius 3 is 2.81 bits per heavy atom. The Balaban J connectivity index is 1.95. The second-order valence-corrected chi connectivity index (χ2v) is 11.5. The number of allylic oxidation sites excluding steroid dienone is 1. The average Bonchev–Trinajstić information content (AvgIpc) is 3.37. The standard InChI is InChI=1S/C21H21BrFN3O4S2/c1-3-30-21(27)16-17(14-5-4-13(23)10-15(14)22)25-19(20-24-7-9-31-20)26-8-6-12(18(16)26)11-32(2,28)29/h4-5,7,9-10,12,17H,3,6,8,11H2,1-2H3/t12-,17-/m0/s1. The molecule has 0 N–H and O–H groups in total. The second-order valence-electron chi connectivity index (χ2n) is 7.61. The number of esters is 1. The van der Waals surface area contributed by atoms with Crippen LogP contribution in [0, 0.1) is 11.7 Å². The van der Waals surface area contributed by atoms with Crippen LogP contribution in [0.25, 0.3) is 0 Å². The number of thiazole rings is 1. The van der Waals surface area contributed by atoms with E-state index in [4.69, 9.17) is 9.73 Å². The van der Waals surface area contributed by atoms with Gasteiger partial charge in [-0.2, -0.15) is 0 Å². The number of carbonyl (C=O) groups is 1. The largest absolute Gasteiger partial charge is 0.463 e. The maximum Gasteiger partial charge on any atom is 0.338 e. The monoisotopic (exact) mass is 541 g/mol. The lowest BCUT2D eigenvalue weighted by atomic mass is 9.91. The van der Waals surface area contributed by atoms with Gasteiger partial charge in [-0.15, -0.1) is 11.3 Å². The highest BCUT2D eigenvalue weighted by Crippen LogP contribution is 2.45. The molecule has 0 aliphatic carbocycles. The molecule has 7 nitrogen and oxygen atoms in total. The van der Waals surface area contributed by atoms with E-state index >= 15 is 0 Å². The molecular weight excluding hydrogens is 521 g/mol. The minimum absolute atomic E-state index is 0.0931. The molecule has 170 valence electrons. The molecule has 2 aliphatic rings. The summed E-state index contributed by atoms with van der Waals surface area (Å²) in [4.78, 5) is 24.3. The second kappa shape index (κ2) is 9.03. The lowest BCUT2D eigenvalue weighted by Gasteiger charge is -2.33. The summed E-state index contributed by atoms with van der Waals surface area (Å²) >= 11 is 4.80. The Morgan fingerprint density at radius 1 is 1.41 bits per heavy atom. The minimum Gasteiger partial charge on any atom is -0.463 e. The van der Waals surface area contributed by atoms with Crippen molar-refractivity contribution in [2.75, 3.05) is 25.2 Å². The number of carbonyl (C=O) groups excluding carboxylic acids is 1. The molecular formula is C21H21BrFN3O4S2. The van der Waals surface area contributed by atoms with Crippen molar-refractivity contribution in [3.8, 4) is 0 Å². The molecule has 0 unspecified atom stereocenters. The molecule has 0 radical (unpaired) electrons. The van der Waals surface area contributed by atoms with Gasteiger partial charge in [0.25, 0.3) is 0 Å². The molecule has 0 amide bonds. The fourth-order valence-electron chi connectivity index (χ4n) is 4.15. The quantitative estimate of drug-likeness (QED) is 0.517. The van der Waals surface area contributed by atoms with Gasteiger partial charge in [-0.3, -0.25) is 4.99 Å². The zero-order chi connectivity index (χ0) is 23.0. The summed E-state index contributed by atoms with van der Waals surface area (Å²) in [6, 6.07) is 3.40. The van der Waals surface area contributed by atoms with Gasteiger partial charge in [-0.25, -0.2) is 22.6 Å². The maximum absolute atomic E-state index is 13.8. The van der Waals surface area contributed by atoms with Crippen LogP contribution in [-0.4, -0.2) is 55.3 Å². The number of fused-ring (bicyclic) bond motifs is 1. The molecule has 32 heavy (non-hydrogen) atoms. The van der Waals surface area contributed by atoms with E-state index in [1.807, 2.05) is 10.3 Å². The Labute approximate surface area is 198 Å². The topological polar surface area (TPSA) is 88.9 Å². The van der Waals surface area contributed by atoms with Crippen LogP contribution in [0.3, 0.4) is 0 Å². The van der Waals surface area contributed by atoms with Crippen molar-refractivity contribution in [1.29, 1.82) is 0 Å². The van der Waals surface area contributed by atoms with E-state index in [9.17, 15) is 17.6 Å². The van der Waals surface area contributed by atoms with Gasteiger partial charge in [0, 0.05) is 40.5 Å². The fraction of sp³-hybridized carbons (Fsp3) is 0.381. The number of aromatic nitrogens is 1. The van der Waals surface area contributed by atoms with Crippen molar-refractivity contribution in [3.63, 3.8) is 0 Å². The predicted octanol–water partition coefficient (Wildman–Crippen LogP) is 3.73. The Hall–Kier alpha value is -2.11.